The van der Waals surface area contributed by atoms with E-state index in [9.17, 15) is 14.7 Å². The molecule has 138 valence electrons. The van der Waals surface area contributed by atoms with Gasteiger partial charge in [0.05, 0.1) is 0 Å². The van der Waals surface area contributed by atoms with Crippen LogP contribution in [0.3, 0.4) is 0 Å². The molecule has 1 aliphatic heterocycles. The monoisotopic (exact) mass is 380 g/mol. The molecule has 27 heavy (non-hydrogen) atoms. The fraction of sp³-hybridized carbons (Fsp3) is 0.190. The van der Waals surface area contributed by atoms with Gasteiger partial charge in [-0.25, -0.2) is 4.79 Å². The summed E-state index contributed by atoms with van der Waals surface area (Å²) in [4.78, 5) is 30.4. The highest BCUT2D eigenvalue weighted by Crippen LogP contribution is 2.25. The van der Waals surface area contributed by atoms with Gasteiger partial charge < -0.3 is 5.11 Å². The fourth-order valence-corrected chi connectivity index (χ4v) is 3.17. The molecule has 0 aliphatic carbocycles. The van der Waals surface area contributed by atoms with E-state index < -0.39 is 12.0 Å². The molecule has 1 heterocycles. The zero-order chi connectivity index (χ0) is 19.2. The van der Waals surface area contributed by atoms with Gasteiger partial charge in [0.25, 0.3) is 5.91 Å². The van der Waals surface area contributed by atoms with Crippen molar-refractivity contribution >= 4 is 30.3 Å². The average molecular weight is 380 g/mol. The van der Waals surface area contributed by atoms with Gasteiger partial charge in [-0.1, -0.05) is 54.6 Å². The molecule has 2 aromatic rings. The zero-order valence-corrected chi connectivity index (χ0v) is 15.5. The van der Waals surface area contributed by atoms with Crippen LogP contribution in [0.15, 0.2) is 71.7 Å². The van der Waals surface area contributed by atoms with Crippen molar-refractivity contribution < 1.29 is 14.7 Å². The van der Waals surface area contributed by atoms with Crippen molar-refractivity contribution in [1.29, 1.82) is 0 Å². The second-order valence-corrected chi connectivity index (χ2v) is 6.45. The molecule has 0 unspecified atom stereocenters. The number of hydrogen-bond acceptors (Lipinski definition) is 4. The van der Waals surface area contributed by atoms with E-state index in [0.717, 1.165) is 11.1 Å². The maximum Gasteiger partial charge on any atom is 0.329 e. The topological polar surface area (TPSA) is 70.0 Å². The highest BCUT2D eigenvalue weighted by molar-refractivity contribution is 7.80. The Balaban J connectivity index is 1.99. The molecule has 1 atom stereocenters. The van der Waals surface area contributed by atoms with Crippen LogP contribution in [-0.4, -0.2) is 46.1 Å². The Kier molecular flexibility index (Phi) is 6.08. The van der Waals surface area contributed by atoms with E-state index in [2.05, 4.69) is 17.6 Å². The van der Waals surface area contributed by atoms with Gasteiger partial charge in [-0.3, -0.25) is 14.7 Å². The van der Waals surface area contributed by atoms with E-state index in [1.807, 2.05) is 54.6 Å². The van der Waals surface area contributed by atoms with Crippen LogP contribution in [0.4, 0.5) is 0 Å². The number of amidine groups is 1. The summed E-state index contributed by atoms with van der Waals surface area (Å²) in [6, 6.07) is 16.1. The number of hydrogen-bond donors (Lipinski definition) is 2. The summed E-state index contributed by atoms with van der Waals surface area (Å²) in [6.07, 6.45) is 4.28. The SMILES string of the molecule is O=C(O)[C@@H](CS)N=C1C=CCCN1C(=O)c1ccccc1-c1ccccc1. The van der Waals surface area contributed by atoms with Gasteiger partial charge in [-0.15, -0.1) is 0 Å². The highest BCUT2D eigenvalue weighted by atomic mass is 32.1. The van der Waals surface area contributed by atoms with Gasteiger partial charge in [-0.05, 0) is 29.7 Å². The largest absolute Gasteiger partial charge is 0.480 e. The number of aliphatic imine (C=N–C) groups is 1. The number of carboxylic acid groups (broad SMARTS) is 1. The van der Waals surface area contributed by atoms with Crippen molar-refractivity contribution in [2.75, 3.05) is 12.3 Å². The lowest BCUT2D eigenvalue weighted by Gasteiger charge is -2.26. The number of amides is 1. The molecule has 0 saturated carbocycles. The first-order valence-electron chi connectivity index (χ1n) is 8.66. The minimum atomic E-state index is -1.06. The van der Waals surface area contributed by atoms with E-state index in [4.69, 9.17) is 0 Å². The van der Waals surface area contributed by atoms with E-state index in [0.29, 0.717) is 24.4 Å². The lowest BCUT2D eigenvalue weighted by atomic mass is 9.98. The van der Waals surface area contributed by atoms with Gasteiger partial charge in [0.1, 0.15) is 5.84 Å². The summed E-state index contributed by atoms with van der Waals surface area (Å²) in [5.74, 6) is -0.833. The smallest absolute Gasteiger partial charge is 0.329 e. The molecule has 5 nitrogen and oxygen atoms in total. The van der Waals surface area contributed by atoms with Crippen LogP contribution in [0.2, 0.25) is 0 Å². The average Bonchev–Trinajstić information content (AvgIpc) is 2.72. The molecule has 3 rings (SSSR count). The molecule has 0 spiro atoms. The summed E-state index contributed by atoms with van der Waals surface area (Å²) < 4.78 is 0. The number of carboxylic acids is 1. The van der Waals surface area contributed by atoms with Crippen LogP contribution in [0, 0.1) is 0 Å². The zero-order valence-electron chi connectivity index (χ0n) is 14.7. The maximum absolute atomic E-state index is 13.3. The first-order valence-corrected chi connectivity index (χ1v) is 9.29. The Hall–Kier alpha value is -2.86. The van der Waals surface area contributed by atoms with Gasteiger partial charge >= 0.3 is 5.97 Å². The summed E-state index contributed by atoms with van der Waals surface area (Å²) in [5.41, 5.74) is 2.34. The van der Waals surface area contributed by atoms with Crippen LogP contribution in [0.1, 0.15) is 16.8 Å². The predicted octanol–water partition coefficient (Wildman–Crippen LogP) is 3.54. The quantitative estimate of drug-likeness (QED) is 0.780. The standard InChI is InChI=1S/C21H20N2O3S/c24-20(17-11-5-4-10-16(17)15-8-2-1-3-9-15)23-13-7-6-12-19(23)22-18(14-27)21(25)26/h1-6,8-12,18,27H,7,13-14H2,(H,25,26)/t18-/m1/s1. The molecule has 0 saturated heterocycles. The number of carbonyl (C=O) groups is 2. The minimum absolute atomic E-state index is 0.0648. The van der Waals surface area contributed by atoms with E-state index in [1.165, 1.54) is 0 Å². The van der Waals surface area contributed by atoms with Crippen LogP contribution < -0.4 is 0 Å². The van der Waals surface area contributed by atoms with Crippen molar-refractivity contribution in [3.8, 4) is 11.1 Å². The first kappa shape index (κ1) is 18.9. The van der Waals surface area contributed by atoms with Crippen LogP contribution in [-0.2, 0) is 4.79 Å². The molecule has 1 aliphatic rings. The van der Waals surface area contributed by atoms with Crippen molar-refractivity contribution in [3.63, 3.8) is 0 Å². The summed E-state index contributed by atoms with van der Waals surface area (Å²) >= 11 is 4.05. The number of benzene rings is 2. The van der Waals surface area contributed by atoms with Gasteiger partial charge in [0.15, 0.2) is 6.04 Å². The Morgan fingerprint density at radius 1 is 1.11 bits per heavy atom. The fourth-order valence-electron chi connectivity index (χ4n) is 2.93. The van der Waals surface area contributed by atoms with Crippen molar-refractivity contribution in [3.05, 3.63) is 72.3 Å². The lowest BCUT2D eigenvalue weighted by molar-refractivity contribution is -0.137. The minimum Gasteiger partial charge on any atom is -0.480 e. The molecule has 1 N–H and O–H groups in total. The molecular formula is C21H20N2O3S. The van der Waals surface area contributed by atoms with Crippen LogP contribution in [0.25, 0.3) is 11.1 Å². The third-order valence-electron chi connectivity index (χ3n) is 4.30. The molecule has 0 radical (unpaired) electrons. The van der Waals surface area contributed by atoms with Crippen LogP contribution in [0.5, 0.6) is 0 Å². The molecule has 1 amide bonds. The Morgan fingerprint density at radius 2 is 1.81 bits per heavy atom. The molecule has 0 bridgehead atoms. The molecular weight excluding hydrogens is 360 g/mol. The highest BCUT2D eigenvalue weighted by Gasteiger charge is 2.25. The molecule has 0 fully saturated rings. The summed E-state index contributed by atoms with van der Waals surface area (Å²) in [7, 11) is 0. The number of nitrogens with zero attached hydrogens (tertiary/aromatic N) is 2. The summed E-state index contributed by atoms with van der Waals surface area (Å²) in [6.45, 7) is 0.455. The number of thiol groups is 1. The molecule has 6 heteroatoms. The van der Waals surface area contributed by atoms with Gasteiger partial charge in [-0.2, -0.15) is 12.6 Å². The van der Waals surface area contributed by atoms with Crippen molar-refractivity contribution in [2.24, 2.45) is 4.99 Å². The van der Waals surface area contributed by atoms with E-state index >= 15 is 0 Å². The predicted molar refractivity (Wildman–Crippen MR) is 109 cm³/mol. The summed E-state index contributed by atoms with van der Waals surface area (Å²) in [5, 5.41) is 9.26. The Labute approximate surface area is 163 Å². The lowest BCUT2D eigenvalue weighted by Crippen LogP contribution is -2.40. The van der Waals surface area contributed by atoms with Crippen molar-refractivity contribution in [1.82, 2.24) is 4.90 Å². The first-order chi connectivity index (χ1) is 13.1. The second-order valence-electron chi connectivity index (χ2n) is 6.08. The normalized spacial score (nSPS) is 16.3. The van der Waals surface area contributed by atoms with E-state index in [1.54, 1.807) is 17.0 Å². The maximum atomic E-state index is 13.3. The van der Waals surface area contributed by atoms with E-state index in [-0.39, 0.29) is 11.7 Å². The number of aliphatic carboxylic acids is 1. The van der Waals surface area contributed by atoms with Crippen LogP contribution >= 0.6 is 12.6 Å². The van der Waals surface area contributed by atoms with Gasteiger partial charge in [0.2, 0.25) is 0 Å². The molecule has 0 aromatic heterocycles. The number of rotatable bonds is 5. The Bertz CT molecular complexity index is 893. The third-order valence-corrected chi connectivity index (χ3v) is 4.64. The van der Waals surface area contributed by atoms with Gasteiger partial charge in [0, 0.05) is 17.9 Å². The number of carbonyl (C=O) groups excluding carboxylic acids is 1. The second kappa shape index (κ2) is 8.68. The molecule has 2 aromatic carbocycles. The Morgan fingerprint density at radius 3 is 2.52 bits per heavy atom. The third kappa shape index (κ3) is 4.28. The van der Waals surface area contributed by atoms with Crippen molar-refractivity contribution in [2.45, 2.75) is 12.5 Å².